The van der Waals surface area contributed by atoms with E-state index in [1.165, 1.54) is 0 Å². The highest BCUT2D eigenvalue weighted by atomic mass is 16.2. The first-order chi connectivity index (χ1) is 13.7. The molecule has 1 amide bonds. The van der Waals surface area contributed by atoms with Crippen molar-refractivity contribution in [3.8, 4) is 0 Å². The first kappa shape index (κ1) is 19.1. The van der Waals surface area contributed by atoms with Gasteiger partial charge in [0.15, 0.2) is 0 Å². The molecule has 0 saturated carbocycles. The lowest BCUT2D eigenvalue weighted by Crippen LogP contribution is -2.49. The maximum atomic E-state index is 13.6. The molecule has 4 rings (SSSR count). The highest BCUT2D eigenvalue weighted by Gasteiger charge is 2.41. The molecule has 3 heterocycles. The molecule has 0 aliphatic carbocycles. The number of amides is 1. The number of piperidine rings is 1. The van der Waals surface area contributed by atoms with Crippen LogP contribution in [0.1, 0.15) is 62.7 Å². The minimum absolute atomic E-state index is 0.287. The maximum Gasteiger partial charge on any atom is 0.233 e. The van der Waals surface area contributed by atoms with Crippen LogP contribution in [0, 0.1) is 0 Å². The monoisotopic (exact) mass is 381 g/mol. The number of hydrogen-bond acceptors (Lipinski definition) is 4. The molecule has 1 aromatic heterocycles. The smallest absolute Gasteiger partial charge is 0.233 e. The van der Waals surface area contributed by atoms with E-state index in [1.54, 1.807) is 0 Å². The number of rotatable bonds is 5. The Morgan fingerprint density at radius 2 is 1.82 bits per heavy atom. The summed E-state index contributed by atoms with van der Waals surface area (Å²) in [5.74, 6) is 2.84. The van der Waals surface area contributed by atoms with E-state index in [0.717, 1.165) is 75.6 Å². The normalized spacial score (nSPS) is 18.1. The second kappa shape index (κ2) is 8.03. The zero-order valence-corrected chi connectivity index (χ0v) is 17.0. The van der Waals surface area contributed by atoms with Crippen molar-refractivity contribution in [3.63, 3.8) is 0 Å². The van der Waals surface area contributed by atoms with Crippen LogP contribution in [0.25, 0.3) is 0 Å². The van der Waals surface area contributed by atoms with Gasteiger partial charge in [-0.15, -0.1) is 10.2 Å². The summed E-state index contributed by atoms with van der Waals surface area (Å²) in [6.07, 6.45) is 3.60. The summed E-state index contributed by atoms with van der Waals surface area (Å²) in [4.78, 5) is 15.7. The second-order valence-electron chi connectivity index (χ2n) is 8.02. The Kier molecular flexibility index (Phi) is 5.49. The third kappa shape index (κ3) is 3.24. The number of hydrogen-bond donors (Lipinski definition) is 1. The van der Waals surface area contributed by atoms with Crippen molar-refractivity contribution in [2.45, 2.75) is 64.0 Å². The van der Waals surface area contributed by atoms with Crippen molar-refractivity contribution in [1.82, 2.24) is 25.0 Å². The summed E-state index contributed by atoms with van der Waals surface area (Å²) >= 11 is 0. The van der Waals surface area contributed by atoms with E-state index in [9.17, 15) is 4.79 Å². The topological polar surface area (TPSA) is 63.1 Å². The molecule has 0 bridgehead atoms. The lowest BCUT2D eigenvalue weighted by molar-refractivity contribution is -0.139. The first-order valence-corrected chi connectivity index (χ1v) is 10.7. The van der Waals surface area contributed by atoms with Crippen molar-refractivity contribution in [1.29, 1.82) is 0 Å². The zero-order valence-electron chi connectivity index (χ0n) is 17.0. The number of fused-ring (bicyclic) bond motifs is 1. The molecule has 2 aliphatic rings. The molecule has 0 spiro atoms. The molecule has 0 radical (unpaired) electrons. The van der Waals surface area contributed by atoms with Crippen LogP contribution >= 0.6 is 0 Å². The Morgan fingerprint density at radius 1 is 1.11 bits per heavy atom. The fraction of sp³-hybridized carbons (Fsp3) is 0.591. The van der Waals surface area contributed by atoms with Gasteiger partial charge in [0.1, 0.15) is 11.6 Å². The summed E-state index contributed by atoms with van der Waals surface area (Å²) in [6.45, 7) is 8.60. The Bertz CT molecular complexity index is 804. The SMILES string of the molecule is CCC(CC)(C(=O)N1CCC(c2nnc3n2CCNC3)CC1)c1ccccc1. The van der Waals surface area contributed by atoms with Gasteiger partial charge in [-0.2, -0.15) is 0 Å². The molecule has 1 aromatic carbocycles. The molecule has 150 valence electrons. The molecule has 28 heavy (non-hydrogen) atoms. The van der Waals surface area contributed by atoms with Gasteiger partial charge in [-0.3, -0.25) is 4.79 Å². The average molecular weight is 382 g/mol. The highest BCUT2D eigenvalue weighted by molar-refractivity contribution is 5.88. The molecule has 2 aliphatic heterocycles. The summed E-state index contributed by atoms with van der Waals surface area (Å²) in [6, 6.07) is 10.3. The van der Waals surface area contributed by atoms with Crippen molar-refractivity contribution in [3.05, 3.63) is 47.5 Å². The van der Waals surface area contributed by atoms with E-state index >= 15 is 0 Å². The van der Waals surface area contributed by atoms with E-state index < -0.39 is 5.41 Å². The van der Waals surface area contributed by atoms with Crippen molar-refractivity contribution in [2.75, 3.05) is 19.6 Å². The lowest BCUT2D eigenvalue weighted by atomic mass is 9.74. The fourth-order valence-corrected chi connectivity index (χ4v) is 4.90. The van der Waals surface area contributed by atoms with Crippen LogP contribution in [0.5, 0.6) is 0 Å². The van der Waals surface area contributed by atoms with Gasteiger partial charge in [0.25, 0.3) is 0 Å². The quantitative estimate of drug-likeness (QED) is 0.865. The molecule has 2 aromatic rings. The third-order valence-corrected chi connectivity index (χ3v) is 6.74. The van der Waals surface area contributed by atoms with Crippen LogP contribution in [0.2, 0.25) is 0 Å². The van der Waals surface area contributed by atoms with Gasteiger partial charge in [0.05, 0.1) is 12.0 Å². The van der Waals surface area contributed by atoms with E-state index in [1.807, 2.05) is 18.2 Å². The molecular weight excluding hydrogens is 350 g/mol. The van der Waals surface area contributed by atoms with Crippen LogP contribution in [-0.4, -0.2) is 45.2 Å². The van der Waals surface area contributed by atoms with Crippen LogP contribution in [-0.2, 0) is 23.3 Å². The van der Waals surface area contributed by atoms with Crippen LogP contribution < -0.4 is 5.32 Å². The standard InChI is InChI=1S/C22H31N5O/c1-3-22(4-2,18-8-6-5-7-9-18)21(28)26-13-10-17(11-14-26)20-25-24-19-16-23-12-15-27(19)20/h5-9,17,23H,3-4,10-16H2,1-2H3. The number of benzene rings is 1. The number of nitrogens with zero attached hydrogens (tertiary/aromatic N) is 4. The van der Waals surface area contributed by atoms with Gasteiger partial charge in [0.2, 0.25) is 5.91 Å². The molecule has 1 fully saturated rings. The first-order valence-electron chi connectivity index (χ1n) is 10.7. The molecule has 0 unspecified atom stereocenters. The second-order valence-corrected chi connectivity index (χ2v) is 8.02. The van der Waals surface area contributed by atoms with Crippen LogP contribution in [0.3, 0.4) is 0 Å². The van der Waals surface area contributed by atoms with E-state index in [2.05, 4.69) is 51.0 Å². The van der Waals surface area contributed by atoms with Gasteiger partial charge in [-0.05, 0) is 31.2 Å². The number of likely N-dealkylation sites (tertiary alicyclic amines) is 1. The van der Waals surface area contributed by atoms with Crippen molar-refractivity contribution < 1.29 is 4.79 Å². The molecule has 0 atom stereocenters. The Balaban J connectivity index is 1.48. The highest BCUT2D eigenvalue weighted by Crippen LogP contribution is 2.36. The van der Waals surface area contributed by atoms with Gasteiger partial charge >= 0.3 is 0 Å². The van der Waals surface area contributed by atoms with Crippen LogP contribution in [0.15, 0.2) is 30.3 Å². The molecule has 6 nitrogen and oxygen atoms in total. The predicted octanol–water partition coefficient (Wildman–Crippen LogP) is 2.85. The predicted molar refractivity (Wildman–Crippen MR) is 109 cm³/mol. The Labute approximate surface area is 167 Å². The minimum atomic E-state index is -0.409. The molecular formula is C22H31N5O. The zero-order chi connectivity index (χ0) is 19.6. The summed E-state index contributed by atoms with van der Waals surface area (Å²) in [7, 11) is 0. The Morgan fingerprint density at radius 3 is 2.50 bits per heavy atom. The van der Waals surface area contributed by atoms with Gasteiger partial charge in [-0.1, -0.05) is 44.2 Å². The Hall–Kier alpha value is -2.21. The summed E-state index contributed by atoms with van der Waals surface area (Å²) in [5, 5.41) is 12.2. The minimum Gasteiger partial charge on any atom is -0.342 e. The number of carbonyl (C=O) groups is 1. The maximum absolute atomic E-state index is 13.6. The number of carbonyl (C=O) groups excluding carboxylic acids is 1. The van der Waals surface area contributed by atoms with Gasteiger partial charge < -0.3 is 14.8 Å². The van der Waals surface area contributed by atoms with Gasteiger partial charge in [0, 0.05) is 32.1 Å². The lowest BCUT2D eigenvalue weighted by Gasteiger charge is -2.40. The molecule has 6 heteroatoms. The summed E-state index contributed by atoms with van der Waals surface area (Å²) in [5.41, 5.74) is 0.736. The van der Waals surface area contributed by atoms with Crippen molar-refractivity contribution in [2.24, 2.45) is 0 Å². The average Bonchev–Trinajstić information content (AvgIpc) is 3.20. The van der Waals surface area contributed by atoms with E-state index in [-0.39, 0.29) is 5.91 Å². The van der Waals surface area contributed by atoms with Crippen LogP contribution in [0.4, 0.5) is 0 Å². The fourth-order valence-electron chi connectivity index (χ4n) is 4.90. The molecule has 1 saturated heterocycles. The number of aromatic nitrogens is 3. The van der Waals surface area contributed by atoms with Gasteiger partial charge in [-0.25, -0.2) is 0 Å². The largest absolute Gasteiger partial charge is 0.342 e. The van der Waals surface area contributed by atoms with E-state index in [4.69, 9.17) is 0 Å². The van der Waals surface area contributed by atoms with E-state index in [0.29, 0.717) is 5.92 Å². The molecule has 1 N–H and O–H groups in total. The van der Waals surface area contributed by atoms with Crippen molar-refractivity contribution >= 4 is 5.91 Å². The third-order valence-electron chi connectivity index (χ3n) is 6.74. The summed E-state index contributed by atoms with van der Waals surface area (Å²) < 4.78 is 2.28. The number of nitrogens with one attached hydrogen (secondary N) is 1.